The molecule has 1 aromatic rings. The molecule has 1 saturated carbocycles. The van der Waals surface area contributed by atoms with Crippen molar-refractivity contribution in [2.75, 3.05) is 5.32 Å². The molecule has 0 aromatic carbocycles. The first-order valence-electron chi connectivity index (χ1n) is 5.60. The van der Waals surface area contributed by atoms with Gasteiger partial charge in [0.15, 0.2) is 0 Å². The number of hydrogen-bond donors (Lipinski definition) is 1. The van der Waals surface area contributed by atoms with Crippen LogP contribution in [0.25, 0.3) is 0 Å². The zero-order valence-electron chi connectivity index (χ0n) is 9.42. The van der Waals surface area contributed by atoms with E-state index in [9.17, 15) is 13.2 Å². The molecular weight excluding hydrogens is 251 g/mol. The highest BCUT2D eigenvalue weighted by Crippen LogP contribution is 2.39. The maximum atomic E-state index is 12.8. The third kappa shape index (κ3) is 3.08. The van der Waals surface area contributed by atoms with E-state index in [2.05, 4.69) is 15.5 Å². The lowest BCUT2D eigenvalue weighted by molar-refractivity contribution is -0.184. The fraction of sp³-hybridized carbons (Fsp3) is 0.800. The van der Waals surface area contributed by atoms with Gasteiger partial charge in [0.05, 0.1) is 5.92 Å². The number of rotatable bonds is 2. The molecule has 1 N–H and O–H groups in total. The molecule has 1 heterocycles. The summed E-state index contributed by atoms with van der Waals surface area (Å²) in [6, 6.07) is -0.559. The predicted octanol–water partition coefficient (Wildman–Crippen LogP) is 3.38. The lowest BCUT2D eigenvalue weighted by atomic mass is 9.84. The van der Waals surface area contributed by atoms with Crippen LogP contribution < -0.4 is 5.32 Å². The molecule has 0 spiro atoms. The molecule has 1 aliphatic carbocycles. The van der Waals surface area contributed by atoms with E-state index in [-0.39, 0.29) is 6.42 Å². The van der Waals surface area contributed by atoms with Gasteiger partial charge in [0.25, 0.3) is 0 Å². The molecule has 2 rings (SSSR count). The van der Waals surface area contributed by atoms with Gasteiger partial charge in [-0.15, -0.1) is 10.2 Å². The highest BCUT2D eigenvalue weighted by molar-refractivity contribution is 7.15. The number of halogens is 3. The number of nitrogens with one attached hydrogen (secondary N) is 1. The first-order valence-corrected chi connectivity index (χ1v) is 6.42. The monoisotopic (exact) mass is 265 g/mol. The van der Waals surface area contributed by atoms with Gasteiger partial charge in [0.2, 0.25) is 5.13 Å². The number of alkyl halides is 3. The van der Waals surface area contributed by atoms with E-state index in [1.807, 2.05) is 0 Å². The molecule has 2 unspecified atom stereocenters. The minimum atomic E-state index is -4.13. The molecule has 7 heteroatoms. The Morgan fingerprint density at radius 1 is 1.24 bits per heavy atom. The first-order chi connectivity index (χ1) is 7.97. The molecule has 2 atom stereocenters. The summed E-state index contributed by atoms with van der Waals surface area (Å²) in [5.74, 6) is -1.26. The van der Waals surface area contributed by atoms with Crippen LogP contribution in [0.4, 0.5) is 18.3 Å². The molecule has 17 heavy (non-hydrogen) atoms. The third-order valence-corrected chi connectivity index (χ3v) is 3.79. The largest absolute Gasteiger partial charge is 0.393 e. The molecule has 1 aliphatic rings. The van der Waals surface area contributed by atoms with E-state index >= 15 is 0 Å². The molecule has 0 saturated heterocycles. The number of anilines is 1. The Balaban J connectivity index is 2.06. The summed E-state index contributed by atoms with van der Waals surface area (Å²) in [5.41, 5.74) is 0. The maximum Gasteiger partial charge on any atom is 0.393 e. The van der Waals surface area contributed by atoms with E-state index in [0.717, 1.165) is 11.4 Å². The van der Waals surface area contributed by atoms with Crippen molar-refractivity contribution in [2.24, 2.45) is 5.92 Å². The normalized spacial score (nSPS) is 25.9. The van der Waals surface area contributed by atoms with Crippen LogP contribution in [0.1, 0.15) is 30.7 Å². The second-order valence-electron chi connectivity index (χ2n) is 4.31. The van der Waals surface area contributed by atoms with Crippen molar-refractivity contribution < 1.29 is 13.2 Å². The lowest BCUT2D eigenvalue weighted by Gasteiger charge is -2.33. The minimum Gasteiger partial charge on any atom is -0.357 e. The Morgan fingerprint density at radius 3 is 2.53 bits per heavy atom. The summed E-state index contributed by atoms with van der Waals surface area (Å²) in [6.45, 7) is 1.78. The van der Waals surface area contributed by atoms with Gasteiger partial charge in [0, 0.05) is 6.04 Å². The summed E-state index contributed by atoms with van der Waals surface area (Å²) < 4.78 is 38.5. The van der Waals surface area contributed by atoms with Gasteiger partial charge >= 0.3 is 6.18 Å². The van der Waals surface area contributed by atoms with Crippen LogP contribution >= 0.6 is 11.3 Å². The highest BCUT2D eigenvalue weighted by atomic mass is 32.1. The van der Waals surface area contributed by atoms with E-state index < -0.39 is 18.1 Å². The quantitative estimate of drug-likeness (QED) is 0.890. The molecule has 0 amide bonds. The Labute approximate surface area is 101 Å². The van der Waals surface area contributed by atoms with Crippen molar-refractivity contribution in [3.05, 3.63) is 5.01 Å². The van der Waals surface area contributed by atoms with Crippen LogP contribution in [0.2, 0.25) is 0 Å². The van der Waals surface area contributed by atoms with Crippen LogP contribution in [-0.2, 0) is 0 Å². The van der Waals surface area contributed by atoms with Gasteiger partial charge in [-0.1, -0.05) is 24.2 Å². The van der Waals surface area contributed by atoms with Gasteiger partial charge in [-0.05, 0) is 19.8 Å². The Kier molecular flexibility index (Phi) is 3.56. The summed E-state index contributed by atoms with van der Waals surface area (Å²) in [7, 11) is 0. The van der Waals surface area contributed by atoms with Crippen molar-refractivity contribution >= 4 is 16.5 Å². The zero-order chi connectivity index (χ0) is 12.5. The highest BCUT2D eigenvalue weighted by Gasteiger charge is 2.45. The van der Waals surface area contributed by atoms with Gasteiger partial charge in [-0.3, -0.25) is 0 Å². The summed E-state index contributed by atoms with van der Waals surface area (Å²) in [4.78, 5) is 0. The molecule has 0 radical (unpaired) electrons. The van der Waals surface area contributed by atoms with Gasteiger partial charge in [-0.2, -0.15) is 13.2 Å². The van der Waals surface area contributed by atoms with Crippen molar-refractivity contribution in [2.45, 2.75) is 44.8 Å². The van der Waals surface area contributed by atoms with Crippen molar-refractivity contribution in [1.29, 1.82) is 0 Å². The first kappa shape index (κ1) is 12.6. The summed E-state index contributed by atoms with van der Waals surface area (Å²) in [6.07, 6.45) is -1.89. The van der Waals surface area contributed by atoms with Crippen LogP contribution in [-0.4, -0.2) is 22.4 Å². The van der Waals surface area contributed by atoms with E-state index in [1.165, 1.54) is 11.3 Å². The van der Waals surface area contributed by atoms with Gasteiger partial charge in [-0.25, -0.2) is 0 Å². The number of aromatic nitrogens is 2. The average Bonchev–Trinajstić information content (AvgIpc) is 2.63. The molecule has 0 bridgehead atoms. The topological polar surface area (TPSA) is 37.8 Å². The molecule has 96 valence electrons. The fourth-order valence-corrected chi connectivity index (χ4v) is 2.86. The van der Waals surface area contributed by atoms with E-state index in [1.54, 1.807) is 6.92 Å². The van der Waals surface area contributed by atoms with Gasteiger partial charge < -0.3 is 5.32 Å². The number of nitrogens with zero attached hydrogens (tertiary/aromatic N) is 2. The Bertz CT molecular complexity index is 377. The Hall–Kier alpha value is -0.850. The predicted molar refractivity (Wildman–Crippen MR) is 60.1 cm³/mol. The average molecular weight is 265 g/mol. The summed E-state index contributed by atoms with van der Waals surface area (Å²) >= 11 is 1.29. The van der Waals surface area contributed by atoms with Crippen molar-refractivity contribution in [3.8, 4) is 0 Å². The smallest absolute Gasteiger partial charge is 0.357 e. The van der Waals surface area contributed by atoms with Crippen LogP contribution in [0.5, 0.6) is 0 Å². The molecule has 0 aliphatic heterocycles. The second-order valence-corrected chi connectivity index (χ2v) is 5.49. The SMILES string of the molecule is Cc1nnc(NC2CCCCC2C(F)(F)F)s1. The van der Waals surface area contributed by atoms with Crippen LogP contribution in [0.15, 0.2) is 0 Å². The van der Waals surface area contributed by atoms with Crippen LogP contribution in [0.3, 0.4) is 0 Å². The summed E-state index contributed by atoms with van der Waals surface area (Å²) in [5, 5.41) is 11.7. The standard InChI is InChI=1S/C10H14F3N3S/c1-6-15-16-9(17-6)14-8-5-3-2-4-7(8)10(11,12)13/h7-8H,2-5H2,1H3,(H,14,16). The minimum absolute atomic E-state index is 0.207. The van der Waals surface area contributed by atoms with E-state index in [4.69, 9.17) is 0 Å². The molecule has 3 nitrogen and oxygen atoms in total. The van der Waals surface area contributed by atoms with Crippen molar-refractivity contribution in [3.63, 3.8) is 0 Å². The van der Waals surface area contributed by atoms with Crippen molar-refractivity contribution in [1.82, 2.24) is 10.2 Å². The number of aryl methyl sites for hydroxylation is 1. The zero-order valence-corrected chi connectivity index (χ0v) is 10.2. The molecule has 1 aromatic heterocycles. The maximum absolute atomic E-state index is 12.8. The molecule has 1 fully saturated rings. The third-order valence-electron chi connectivity index (χ3n) is 3.02. The fourth-order valence-electron chi connectivity index (χ4n) is 2.21. The lowest BCUT2D eigenvalue weighted by Crippen LogP contribution is -2.41. The van der Waals surface area contributed by atoms with Crippen LogP contribution in [0, 0.1) is 12.8 Å². The number of hydrogen-bond acceptors (Lipinski definition) is 4. The van der Waals surface area contributed by atoms with Gasteiger partial charge in [0.1, 0.15) is 5.01 Å². The second kappa shape index (κ2) is 4.80. The Morgan fingerprint density at radius 2 is 1.94 bits per heavy atom. The van der Waals surface area contributed by atoms with E-state index in [0.29, 0.717) is 18.0 Å². The molecular formula is C10H14F3N3S.